The van der Waals surface area contributed by atoms with Crippen molar-refractivity contribution in [2.24, 2.45) is 0 Å². The van der Waals surface area contributed by atoms with Gasteiger partial charge in [-0.2, -0.15) is 15.0 Å². The summed E-state index contributed by atoms with van der Waals surface area (Å²) < 4.78 is 48.7. The number of halogens is 2. The number of benzene rings is 2. The molecule has 2 aliphatic rings. The fraction of sp³-hybridized carbons (Fsp3) is 0.357. The topological polar surface area (TPSA) is 123 Å². The molecular weight excluding hydrogens is 552 g/mol. The largest absolute Gasteiger partial charge is 0.493 e. The molecule has 14 heteroatoms. The maximum atomic E-state index is 13.6. The van der Waals surface area contributed by atoms with Gasteiger partial charge in [-0.3, -0.25) is 0 Å². The number of rotatable bonds is 8. The standard InChI is InChI=1S/C28H31F2N7O5/c1-39-22-15-19(16-23(40-2)24(22)41-3)31-26-33-25(34-27(35-26)36-10-12-42-13-11-36)17-6-8-37(9-7-17)28(38)32-18-4-5-20(29)21(30)14-18/h4-6,14-16H,7-13H2,1-3H3,(H,32,38)(H,31,33,34,35). The SMILES string of the molecule is COc1cc(Nc2nc(C3=CCN(C(=O)Nc4ccc(F)c(F)c4)CC3)nc(N3CCOCC3)n2)cc(OC)c1OC. The van der Waals surface area contributed by atoms with Gasteiger partial charge >= 0.3 is 6.03 Å². The summed E-state index contributed by atoms with van der Waals surface area (Å²) in [6, 6.07) is 6.30. The summed E-state index contributed by atoms with van der Waals surface area (Å²) >= 11 is 0. The van der Waals surface area contributed by atoms with Crippen LogP contribution in [0.3, 0.4) is 0 Å². The van der Waals surface area contributed by atoms with E-state index in [9.17, 15) is 13.6 Å². The molecule has 0 unspecified atom stereocenters. The molecule has 2 aliphatic heterocycles. The molecule has 42 heavy (non-hydrogen) atoms. The fourth-order valence-corrected chi connectivity index (χ4v) is 4.58. The third-order valence-electron chi connectivity index (χ3n) is 6.79. The highest BCUT2D eigenvalue weighted by Crippen LogP contribution is 2.40. The van der Waals surface area contributed by atoms with Gasteiger partial charge in [0.25, 0.3) is 0 Å². The maximum Gasteiger partial charge on any atom is 0.322 e. The summed E-state index contributed by atoms with van der Waals surface area (Å²) in [5.74, 6) is 0.677. The van der Waals surface area contributed by atoms with Gasteiger partial charge in [-0.1, -0.05) is 6.08 Å². The monoisotopic (exact) mass is 583 g/mol. The van der Waals surface area contributed by atoms with E-state index >= 15 is 0 Å². The Kier molecular flexibility index (Phi) is 8.81. The van der Waals surface area contributed by atoms with E-state index in [1.807, 2.05) is 11.0 Å². The lowest BCUT2D eigenvalue weighted by Crippen LogP contribution is -2.38. The first-order valence-electron chi connectivity index (χ1n) is 13.2. The molecule has 1 aromatic heterocycles. The maximum absolute atomic E-state index is 13.6. The minimum Gasteiger partial charge on any atom is -0.493 e. The first-order chi connectivity index (χ1) is 20.4. The van der Waals surface area contributed by atoms with Crippen LogP contribution >= 0.6 is 0 Å². The van der Waals surface area contributed by atoms with Gasteiger partial charge in [-0.25, -0.2) is 13.6 Å². The summed E-state index contributed by atoms with van der Waals surface area (Å²) in [5.41, 5.74) is 1.63. The predicted molar refractivity (Wildman–Crippen MR) is 152 cm³/mol. The number of anilines is 4. The zero-order valence-electron chi connectivity index (χ0n) is 23.4. The van der Waals surface area contributed by atoms with Gasteiger partial charge in [-0.05, 0) is 24.1 Å². The molecule has 0 spiro atoms. The Morgan fingerprint density at radius 3 is 2.26 bits per heavy atom. The van der Waals surface area contributed by atoms with E-state index in [0.29, 0.717) is 79.9 Å². The molecule has 1 fully saturated rings. The third kappa shape index (κ3) is 6.43. The van der Waals surface area contributed by atoms with Crippen LogP contribution in [0.1, 0.15) is 12.2 Å². The number of morpholine rings is 1. The molecule has 0 radical (unpaired) electrons. The van der Waals surface area contributed by atoms with Crippen LogP contribution in [0.15, 0.2) is 36.4 Å². The van der Waals surface area contributed by atoms with Gasteiger partial charge in [0, 0.05) is 55.8 Å². The number of methoxy groups -OCH3 is 3. The smallest absolute Gasteiger partial charge is 0.322 e. The van der Waals surface area contributed by atoms with Crippen LogP contribution < -0.4 is 29.7 Å². The summed E-state index contributed by atoms with van der Waals surface area (Å²) in [6.07, 6.45) is 2.34. The Morgan fingerprint density at radius 1 is 0.905 bits per heavy atom. The van der Waals surface area contributed by atoms with Crippen LogP contribution in [0, 0.1) is 11.6 Å². The number of amides is 2. The van der Waals surface area contributed by atoms with E-state index in [1.165, 1.54) is 27.4 Å². The molecule has 1 saturated heterocycles. The van der Waals surface area contributed by atoms with Crippen LogP contribution in [-0.2, 0) is 4.74 Å². The summed E-state index contributed by atoms with van der Waals surface area (Å²) in [6.45, 7) is 3.02. The van der Waals surface area contributed by atoms with E-state index in [1.54, 1.807) is 17.0 Å². The zero-order valence-corrected chi connectivity index (χ0v) is 23.4. The summed E-state index contributed by atoms with van der Waals surface area (Å²) in [5, 5.41) is 5.83. The summed E-state index contributed by atoms with van der Waals surface area (Å²) in [7, 11) is 4.61. The molecule has 222 valence electrons. The molecule has 2 amide bonds. The minimum atomic E-state index is -1.03. The van der Waals surface area contributed by atoms with Gasteiger partial charge in [0.2, 0.25) is 17.6 Å². The number of nitrogens with one attached hydrogen (secondary N) is 2. The van der Waals surface area contributed by atoms with E-state index in [4.69, 9.17) is 23.9 Å². The molecule has 2 aromatic carbocycles. The number of hydrogen-bond donors (Lipinski definition) is 2. The molecule has 2 N–H and O–H groups in total. The molecule has 0 saturated carbocycles. The van der Waals surface area contributed by atoms with Crippen molar-refractivity contribution in [2.75, 3.05) is 76.3 Å². The Morgan fingerprint density at radius 2 is 1.64 bits per heavy atom. The molecule has 12 nitrogen and oxygen atoms in total. The lowest BCUT2D eigenvalue weighted by Gasteiger charge is -2.28. The summed E-state index contributed by atoms with van der Waals surface area (Å²) in [4.78, 5) is 30.4. The molecular formula is C28H31F2N7O5. The van der Waals surface area contributed by atoms with Crippen molar-refractivity contribution in [3.05, 3.63) is 53.9 Å². The molecule has 3 heterocycles. The van der Waals surface area contributed by atoms with Crippen molar-refractivity contribution in [3.63, 3.8) is 0 Å². The molecule has 5 rings (SSSR count). The highest BCUT2D eigenvalue weighted by molar-refractivity contribution is 5.90. The quantitative estimate of drug-likeness (QED) is 0.401. The van der Waals surface area contributed by atoms with E-state index in [2.05, 4.69) is 20.6 Å². The number of ether oxygens (including phenoxy) is 4. The predicted octanol–water partition coefficient (Wildman–Crippen LogP) is 4.08. The Labute approximate surface area is 241 Å². The van der Waals surface area contributed by atoms with Crippen molar-refractivity contribution in [3.8, 4) is 17.2 Å². The highest BCUT2D eigenvalue weighted by atomic mass is 19.2. The number of hydrogen-bond acceptors (Lipinski definition) is 10. The second-order valence-corrected chi connectivity index (χ2v) is 9.41. The Bertz CT molecular complexity index is 1460. The average molecular weight is 584 g/mol. The lowest BCUT2D eigenvalue weighted by atomic mass is 10.1. The van der Waals surface area contributed by atoms with Crippen LogP contribution in [-0.4, -0.2) is 86.6 Å². The van der Waals surface area contributed by atoms with E-state index in [-0.39, 0.29) is 12.2 Å². The molecule has 0 atom stereocenters. The second kappa shape index (κ2) is 12.9. The van der Waals surface area contributed by atoms with E-state index in [0.717, 1.165) is 17.7 Å². The highest BCUT2D eigenvalue weighted by Gasteiger charge is 2.23. The first kappa shape index (κ1) is 28.8. The fourth-order valence-electron chi connectivity index (χ4n) is 4.58. The Balaban J connectivity index is 1.39. The molecule has 3 aromatic rings. The first-order valence-corrected chi connectivity index (χ1v) is 13.2. The van der Waals surface area contributed by atoms with Crippen LogP contribution in [0.5, 0.6) is 17.2 Å². The van der Waals surface area contributed by atoms with Gasteiger partial charge in [0.1, 0.15) is 0 Å². The number of carbonyl (C=O) groups excluding carboxylic acids is 1. The molecule has 0 bridgehead atoms. The third-order valence-corrected chi connectivity index (χ3v) is 6.79. The minimum absolute atomic E-state index is 0.170. The van der Waals surface area contributed by atoms with E-state index < -0.39 is 17.7 Å². The number of nitrogens with zero attached hydrogens (tertiary/aromatic N) is 5. The van der Waals surface area contributed by atoms with Crippen molar-refractivity contribution < 1.29 is 32.5 Å². The van der Waals surface area contributed by atoms with Crippen molar-refractivity contribution in [2.45, 2.75) is 6.42 Å². The zero-order chi connectivity index (χ0) is 29.6. The lowest BCUT2D eigenvalue weighted by molar-refractivity contribution is 0.122. The van der Waals surface area contributed by atoms with Crippen molar-refractivity contribution in [1.29, 1.82) is 0 Å². The van der Waals surface area contributed by atoms with Gasteiger partial charge in [0.15, 0.2) is 29.0 Å². The van der Waals surface area contributed by atoms with Gasteiger partial charge in [0.05, 0.1) is 34.5 Å². The van der Waals surface area contributed by atoms with Gasteiger partial charge in [-0.15, -0.1) is 0 Å². The van der Waals surface area contributed by atoms with Crippen molar-refractivity contribution >= 4 is 34.9 Å². The normalized spacial score (nSPS) is 15.1. The molecule has 0 aliphatic carbocycles. The second-order valence-electron chi connectivity index (χ2n) is 9.41. The number of aromatic nitrogens is 3. The van der Waals surface area contributed by atoms with Gasteiger partial charge < -0.3 is 39.4 Å². The van der Waals surface area contributed by atoms with Crippen LogP contribution in [0.25, 0.3) is 5.57 Å². The number of urea groups is 1. The van der Waals surface area contributed by atoms with Crippen LogP contribution in [0.4, 0.5) is 36.8 Å². The van der Waals surface area contributed by atoms with Crippen LogP contribution in [0.2, 0.25) is 0 Å². The number of carbonyl (C=O) groups is 1. The van der Waals surface area contributed by atoms with Crippen molar-refractivity contribution in [1.82, 2.24) is 19.9 Å². The Hall–Kier alpha value is -4.72. The average Bonchev–Trinajstić information content (AvgIpc) is 3.02.